The first kappa shape index (κ1) is 29.5. The SMILES string of the molecule is CCCCCCCCCCCCCCCOCCOCCOP(=O)([O-])OCCBr. The fourth-order valence-electron chi connectivity index (χ4n) is 2.94. The third kappa shape index (κ3) is 24.7. The van der Waals surface area contributed by atoms with Gasteiger partial charge < -0.3 is 23.4 Å². The summed E-state index contributed by atoms with van der Waals surface area (Å²) in [7, 11) is -4.19. The first-order valence-corrected chi connectivity index (χ1v) is 14.0. The topological polar surface area (TPSA) is 77.1 Å². The predicted octanol–water partition coefficient (Wildman–Crippen LogP) is 6.01. The minimum atomic E-state index is -4.19. The van der Waals surface area contributed by atoms with Crippen molar-refractivity contribution in [1.82, 2.24) is 0 Å². The van der Waals surface area contributed by atoms with Gasteiger partial charge in [-0.1, -0.05) is 99.9 Å². The Morgan fingerprint density at radius 1 is 0.621 bits per heavy atom. The number of hydrogen-bond acceptors (Lipinski definition) is 6. The van der Waals surface area contributed by atoms with Gasteiger partial charge in [0.05, 0.1) is 33.0 Å². The van der Waals surface area contributed by atoms with Crippen molar-refractivity contribution >= 4 is 23.8 Å². The van der Waals surface area contributed by atoms with E-state index in [0.29, 0.717) is 18.5 Å². The zero-order valence-electron chi connectivity index (χ0n) is 18.4. The fraction of sp³-hybridized carbons (Fsp3) is 1.00. The predicted molar refractivity (Wildman–Crippen MR) is 121 cm³/mol. The maximum atomic E-state index is 11.3. The molecular weight excluding hydrogens is 459 g/mol. The fourth-order valence-corrected chi connectivity index (χ4v) is 4.04. The maximum absolute atomic E-state index is 11.3. The third-order valence-electron chi connectivity index (χ3n) is 4.57. The van der Waals surface area contributed by atoms with Gasteiger partial charge in [-0.15, -0.1) is 0 Å². The monoisotopic (exact) mass is 501 g/mol. The molecule has 0 rings (SSSR count). The molecule has 1 atom stereocenters. The van der Waals surface area contributed by atoms with E-state index in [1.54, 1.807) is 0 Å². The summed E-state index contributed by atoms with van der Waals surface area (Å²) in [5.74, 6) is 0. The maximum Gasteiger partial charge on any atom is 0.267 e. The van der Waals surface area contributed by atoms with Crippen molar-refractivity contribution in [3.63, 3.8) is 0 Å². The van der Waals surface area contributed by atoms with Crippen molar-refractivity contribution in [2.24, 2.45) is 0 Å². The van der Waals surface area contributed by atoms with Gasteiger partial charge in [-0.25, -0.2) is 0 Å². The molecule has 0 N–H and O–H groups in total. The smallest absolute Gasteiger partial charge is 0.267 e. The van der Waals surface area contributed by atoms with E-state index in [1.165, 1.54) is 77.0 Å². The van der Waals surface area contributed by atoms with E-state index >= 15 is 0 Å². The Hall–Kier alpha value is 0.510. The van der Waals surface area contributed by atoms with Crippen LogP contribution in [-0.2, 0) is 23.1 Å². The molecule has 0 bridgehead atoms. The van der Waals surface area contributed by atoms with Crippen LogP contribution in [0, 0.1) is 0 Å². The summed E-state index contributed by atoms with van der Waals surface area (Å²) in [4.78, 5) is 11.3. The molecule has 0 aromatic heterocycles. The Labute approximate surface area is 187 Å². The van der Waals surface area contributed by atoms with Crippen LogP contribution in [0.1, 0.15) is 90.4 Å². The lowest BCUT2D eigenvalue weighted by atomic mass is 10.0. The standard InChI is InChI=1S/C21H44BrO6P/c1-2-3-4-5-6-7-8-9-10-11-12-13-14-16-25-18-19-26-20-21-28-29(23,24)27-17-15-22/h2-21H2,1H3,(H,23,24)/p-1. The van der Waals surface area contributed by atoms with Crippen LogP contribution in [-0.4, -0.2) is 45.0 Å². The lowest BCUT2D eigenvalue weighted by Gasteiger charge is -2.21. The number of unbranched alkanes of at least 4 members (excludes halogenated alkanes) is 12. The molecule has 0 aliphatic carbocycles. The quantitative estimate of drug-likeness (QED) is 0.0915. The van der Waals surface area contributed by atoms with E-state index in [1.807, 2.05) is 0 Å². The van der Waals surface area contributed by atoms with Crippen LogP contribution in [0.3, 0.4) is 0 Å². The lowest BCUT2D eigenvalue weighted by molar-refractivity contribution is -0.225. The van der Waals surface area contributed by atoms with E-state index in [0.717, 1.165) is 13.0 Å². The zero-order valence-corrected chi connectivity index (χ0v) is 20.9. The molecule has 8 heteroatoms. The number of halogens is 1. The third-order valence-corrected chi connectivity index (χ3v) is 5.89. The van der Waals surface area contributed by atoms with Crippen molar-refractivity contribution in [3.05, 3.63) is 0 Å². The Morgan fingerprint density at radius 3 is 1.55 bits per heavy atom. The van der Waals surface area contributed by atoms with Crippen LogP contribution >= 0.6 is 23.8 Å². The van der Waals surface area contributed by atoms with Crippen LogP contribution in [0.4, 0.5) is 0 Å². The van der Waals surface area contributed by atoms with Crippen LogP contribution in [0.25, 0.3) is 0 Å². The second-order valence-corrected chi connectivity index (χ2v) is 9.47. The van der Waals surface area contributed by atoms with E-state index in [4.69, 9.17) is 9.47 Å². The molecule has 6 nitrogen and oxygen atoms in total. The molecule has 0 aromatic rings. The first-order valence-electron chi connectivity index (χ1n) is 11.4. The first-order chi connectivity index (χ1) is 14.1. The highest BCUT2D eigenvalue weighted by Gasteiger charge is 2.08. The van der Waals surface area contributed by atoms with Crippen molar-refractivity contribution in [2.75, 3.05) is 45.0 Å². The van der Waals surface area contributed by atoms with E-state index < -0.39 is 7.82 Å². The summed E-state index contributed by atoms with van der Waals surface area (Å²) < 4.78 is 31.3. The zero-order chi connectivity index (χ0) is 21.5. The molecule has 29 heavy (non-hydrogen) atoms. The van der Waals surface area contributed by atoms with Crippen LogP contribution in [0.15, 0.2) is 0 Å². The van der Waals surface area contributed by atoms with Gasteiger partial charge in [0, 0.05) is 11.9 Å². The Balaban J connectivity index is 3.13. The van der Waals surface area contributed by atoms with Gasteiger partial charge in [0.25, 0.3) is 7.82 Å². The molecule has 0 aromatic carbocycles. The summed E-state index contributed by atoms with van der Waals surface area (Å²) in [6, 6.07) is 0. The van der Waals surface area contributed by atoms with E-state index in [2.05, 4.69) is 31.9 Å². The molecule has 1 unspecified atom stereocenters. The minimum absolute atomic E-state index is 0.0398. The summed E-state index contributed by atoms with van der Waals surface area (Å²) >= 11 is 3.08. The number of phosphoric ester groups is 1. The number of phosphoric acid groups is 1. The average Bonchev–Trinajstić information content (AvgIpc) is 2.71. The molecule has 0 spiro atoms. The molecule has 0 amide bonds. The van der Waals surface area contributed by atoms with E-state index in [9.17, 15) is 9.46 Å². The van der Waals surface area contributed by atoms with Crippen molar-refractivity contribution in [3.8, 4) is 0 Å². The number of hydrogen-bond donors (Lipinski definition) is 0. The van der Waals surface area contributed by atoms with Gasteiger partial charge >= 0.3 is 0 Å². The highest BCUT2D eigenvalue weighted by Crippen LogP contribution is 2.37. The summed E-state index contributed by atoms with van der Waals surface area (Å²) in [6.07, 6.45) is 17.5. The molecular formula is C21H43BrO6P-. The van der Waals surface area contributed by atoms with Crippen LogP contribution in [0.5, 0.6) is 0 Å². The lowest BCUT2D eigenvalue weighted by Crippen LogP contribution is -2.14. The summed E-state index contributed by atoms with van der Waals surface area (Å²) in [6.45, 7) is 4.21. The number of alkyl halides is 1. The highest BCUT2D eigenvalue weighted by atomic mass is 79.9. The largest absolute Gasteiger partial charge is 0.756 e. The van der Waals surface area contributed by atoms with Crippen molar-refractivity contribution < 1.29 is 28.0 Å². The minimum Gasteiger partial charge on any atom is -0.756 e. The van der Waals surface area contributed by atoms with Gasteiger partial charge in [0.15, 0.2) is 0 Å². The average molecular weight is 502 g/mol. The molecule has 0 heterocycles. The van der Waals surface area contributed by atoms with Crippen molar-refractivity contribution in [2.45, 2.75) is 90.4 Å². The molecule has 0 saturated carbocycles. The van der Waals surface area contributed by atoms with Gasteiger partial charge in [-0.2, -0.15) is 0 Å². The molecule has 0 radical (unpaired) electrons. The van der Waals surface area contributed by atoms with Crippen LogP contribution < -0.4 is 4.89 Å². The molecule has 0 saturated heterocycles. The van der Waals surface area contributed by atoms with Gasteiger partial charge in [-0.05, 0) is 6.42 Å². The van der Waals surface area contributed by atoms with Gasteiger partial charge in [-0.3, -0.25) is 4.57 Å². The van der Waals surface area contributed by atoms with Crippen molar-refractivity contribution in [1.29, 1.82) is 0 Å². The summed E-state index contributed by atoms with van der Waals surface area (Å²) in [5, 5.41) is 0.440. The molecule has 0 fully saturated rings. The molecule has 176 valence electrons. The Morgan fingerprint density at radius 2 is 1.03 bits per heavy atom. The van der Waals surface area contributed by atoms with Gasteiger partial charge in [0.2, 0.25) is 0 Å². The van der Waals surface area contributed by atoms with Crippen LogP contribution in [0.2, 0.25) is 0 Å². The van der Waals surface area contributed by atoms with Gasteiger partial charge in [0.1, 0.15) is 0 Å². The second kappa shape index (κ2) is 23.2. The second-order valence-electron chi connectivity index (χ2n) is 7.27. The number of rotatable bonds is 24. The Bertz CT molecular complexity index is 373. The summed E-state index contributed by atoms with van der Waals surface area (Å²) in [5.41, 5.74) is 0. The Kier molecular flexibility index (Phi) is 23.6. The molecule has 0 aliphatic heterocycles. The highest BCUT2D eigenvalue weighted by molar-refractivity contribution is 9.09. The van der Waals surface area contributed by atoms with E-state index in [-0.39, 0.29) is 19.8 Å². The number of ether oxygens (including phenoxy) is 2. The molecule has 0 aliphatic rings. The normalized spacial score (nSPS) is 13.6.